The Bertz CT molecular complexity index is 666. The van der Waals surface area contributed by atoms with Gasteiger partial charge in [-0.2, -0.15) is 0 Å². The van der Waals surface area contributed by atoms with Crippen LogP contribution in [-0.2, 0) is 14.3 Å². The second-order valence-electron chi connectivity index (χ2n) is 8.00. The molecule has 7 heteroatoms. The van der Waals surface area contributed by atoms with E-state index in [1.54, 1.807) is 0 Å². The average molecular weight is 436 g/mol. The maximum Gasteiger partial charge on any atom is 0.311 e. The number of halogens is 3. The molecular weight excluding hydrogens is 411 g/mol. The molecule has 0 heterocycles. The topological polar surface area (TPSA) is 52.6 Å². The highest BCUT2D eigenvalue weighted by molar-refractivity contribution is 6.40. The third-order valence-corrected chi connectivity index (χ3v) is 5.69. The molecule has 27 heavy (non-hydrogen) atoms. The smallest absolute Gasteiger partial charge is 0.311 e. The molecule has 1 saturated carbocycles. The van der Waals surface area contributed by atoms with Crippen LogP contribution < -0.4 is 4.74 Å². The van der Waals surface area contributed by atoms with E-state index in [-0.39, 0.29) is 46.1 Å². The molecule has 1 aliphatic rings. The van der Waals surface area contributed by atoms with E-state index in [0.717, 1.165) is 25.7 Å². The quantitative estimate of drug-likeness (QED) is 0.392. The average Bonchev–Trinajstić information content (AvgIpc) is 2.56. The molecule has 1 fully saturated rings. The highest BCUT2D eigenvalue weighted by atomic mass is 35.5. The largest absolute Gasteiger partial charge is 0.462 e. The molecule has 0 spiro atoms. The monoisotopic (exact) mass is 434 g/mol. The van der Waals surface area contributed by atoms with Gasteiger partial charge in [0, 0.05) is 5.02 Å². The molecule has 0 unspecified atom stereocenters. The van der Waals surface area contributed by atoms with E-state index in [9.17, 15) is 9.59 Å². The van der Waals surface area contributed by atoms with Crippen molar-refractivity contribution in [3.63, 3.8) is 0 Å². The summed E-state index contributed by atoms with van der Waals surface area (Å²) in [4.78, 5) is 24.0. The van der Waals surface area contributed by atoms with Crippen LogP contribution in [0.1, 0.15) is 59.3 Å². The molecule has 0 amide bonds. The van der Waals surface area contributed by atoms with E-state index >= 15 is 0 Å². The Balaban J connectivity index is 1.75. The first-order chi connectivity index (χ1) is 12.6. The third kappa shape index (κ3) is 6.85. The van der Waals surface area contributed by atoms with Crippen LogP contribution in [-0.4, -0.2) is 18.0 Å². The van der Waals surface area contributed by atoms with Gasteiger partial charge in [0.15, 0.2) is 5.75 Å². The molecule has 0 aliphatic heterocycles. The minimum absolute atomic E-state index is 0.0408. The van der Waals surface area contributed by atoms with Crippen molar-refractivity contribution in [2.75, 3.05) is 0 Å². The summed E-state index contributed by atoms with van der Waals surface area (Å²) in [5.74, 6) is -0.299. The summed E-state index contributed by atoms with van der Waals surface area (Å²) in [7, 11) is 0. The highest BCUT2D eigenvalue weighted by Gasteiger charge is 2.31. The number of carbonyl (C=O) groups is 2. The van der Waals surface area contributed by atoms with Crippen LogP contribution in [0.5, 0.6) is 5.75 Å². The second-order valence-corrected chi connectivity index (χ2v) is 9.25. The van der Waals surface area contributed by atoms with Crippen LogP contribution in [0.2, 0.25) is 15.1 Å². The zero-order chi connectivity index (χ0) is 20.2. The van der Waals surface area contributed by atoms with Crippen molar-refractivity contribution in [2.45, 2.75) is 65.4 Å². The minimum Gasteiger partial charge on any atom is -0.462 e. The Morgan fingerprint density at radius 2 is 1.48 bits per heavy atom. The van der Waals surface area contributed by atoms with Crippen molar-refractivity contribution in [2.24, 2.45) is 11.3 Å². The van der Waals surface area contributed by atoms with Crippen molar-refractivity contribution >= 4 is 46.7 Å². The number of rotatable bonds is 5. The molecule has 2 rings (SSSR count). The molecule has 150 valence electrons. The van der Waals surface area contributed by atoms with Crippen LogP contribution in [0.25, 0.3) is 0 Å². The molecule has 1 aromatic carbocycles. The third-order valence-electron chi connectivity index (χ3n) is 4.91. The molecular formula is C20H25Cl3O4. The second kappa shape index (κ2) is 9.49. The van der Waals surface area contributed by atoms with Crippen LogP contribution in [0.4, 0.5) is 0 Å². The lowest BCUT2D eigenvalue weighted by atomic mass is 9.72. The summed E-state index contributed by atoms with van der Waals surface area (Å²) in [6.45, 7) is 6.73. The minimum atomic E-state index is -0.602. The van der Waals surface area contributed by atoms with Gasteiger partial charge < -0.3 is 9.47 Å². The number of carbonyl (C=O) groups excluding carboxylic acids is 2. The van der Waals surface area contributed by atoms with E-state index < -0.39 is 5.97 Å². The summed E-state index contributed by atoms with van der Waals surface area (Å²) in [6, 6.07) is 2.86. The standard InChI is InChI=1S/C20H25Cl3O4/c1-20(2,3)12-4-6-14(7-5-12)26-17(24)8-9-18(25)27-19-15(22)10-13(21)11-16(19)23/h10-12,14H,4-9H2,1-3H3. The number of ether oxygens (including phenoxy) is 2. The first kappa shape index (κ1) is 22.3. The normalized spacial score (nSPS) is 20.2. The van der Waals surface area contributed by atoms with Gasteiger partial charge in [0.25, 0.3) is 0 Å². The van der Waals surface area contributed by atoms with Gasteiger partial charge in [-0.05, 0) is 49.1 Å². The van der Waals surface area contributed by atoms with E-state index in [4.69, 9.17) is 44.3 Å². The lowest BCUT2D eigenvalue weighted by molar-refractivity contribution is -0.153. The molecule has 1 aliphatic carbocycles. The molecule has 1 aromatic rings. The van der Waals surface area contributed by atoms with E-state index in [2.05, 4.69) is 20.8 Å². The first-order valence-electron chi connectivity index (χ1n) is 9.11. The molecule has 0 saturated heterocycles. The van der Waals surface area contributed by atoms with Gasteiger partial charge in [-0.15, -0.1) is 0 Å². The fourth-order valence-corrected chi connectivity index (χ4v) is 4.18. The fourth-order valence-electron chi connectivity index (χ4n) is 3.29. The van der Waals surface area contributed by atoms with Crippen LogP contribution in [0, 0.1) is 11.3 Å². The Hall–Kier alpha value is -0.970. The summed E-state index contributed by atoms with van der Waals surface area (Å²) in [5, 5.41) is 0.618. The summed E-state index contributed by atoms with van der Waals surface area (Å²) < 4.78 is 10.7. The van der Waals surface area contributed by atoms with E-state index in [1.165, 1.54) is 12.1 Å². The molecule has 0 N–H and O–H groups in total. The van der Waals surface area contributed by atoms with Gasteiger partial charge in [-0.25, -0.2) is 0 Å². The number of benzene rings is 1. The highest BCUT2D eigenvalue weighted by Crippen LogP contribution is 2.39. The maximum absolute atomic E-state index is 12.0. The molecule has 0 atom stereocenters. The maximum atomic E-state index is 12.0. The van der Waals surface area contributed by atoms with Crippen molar-refractivity contribution in [1.29, 1.82) is 0 Å². The molecule has 4 nitrogen and oxygen atoms in total. The number of hydrogen-bond donors (Lipinski definition) is 0. The fraction of sp³-hybridized carbons (Fsp3) is 0.600. The molecule has 0 aromatic heterocycles. The van der Waals surface area contributed by atoms with E-state index in [1.807, 2.05) is 0 Å². The van der Waals surface area contributed by atoms with Crippen LogP contribution in [0.15, 0.2) is 12.1 Å². The SMILES string of the molecule is CC(C)(C)C1CCC(OC(=O)CCC(=O)Oc2c(Cl)cc(Cl)cc2Cl)CC1. The van der Waals surface area contributed by atoms with E-state index in [0.29, 0.717) is 10.9 Å². The summed E-state index contributed by atoms with van der Waals surface area (Å²) >= 11 is 17.8. The zero-order valence-electron chi connectivity index (χ0n) is 15.8. The molecule has 0 radical (unpaired) electrons. The van der Waals surface area contributed by atoms with Gasteiger partial charge in [0.05, 0.1) is 22.9 Å². The van der Waals surface area contributed by atoms with Gasteiger partial charge in [0.2, 0.25) is 0 Å². The number of esters is 2. The number of hydrogen-bond acceptors (Lipinski definition) is 4. The van der Waals surface area contributed by atoms with Crippen molar-refractivity contribution in [1.82, 2.24) is 0 Å². The van der Waals surface area contributed by atoms with Gasteiger partial charge in [0.1, 0.15) is 6.10 Å². The Morgan fingerprint density at radius 3 is 2.00 bits per heavy atom. The van der Waals surface area contributed by atoms with Gasteiger partial charge in [-0.3, -0.25) is 9.59 Å². The Kier molecular flexibility index (Phi) is 7.84. The van der Waals surface area contributed by atoms with Crippen molar-refractivity contribution in [3.05, 3.63) is 27.2 Å². The summed E-state index contributed by atoms with van der Waals surface area (Å²) in [6.07, 6.45) is 3.63. The lowest BCUT2D eigenvalue weighted by Crippen LogP contribution is -2.30. The predicted octanol–water partition coefficient (Wildman–Crippen LogP) is 6.48. The molecule has 0 bridgehead atoms. The lowest BCUT2D eigenvalue weighted by Gasteiger charge is -2.36. The van der Waals surface area contributed by atoms with Crippen LogP contribution >= 0.6 is 34.8 Å². The van der Waals surface area contributed by atoms with Crippen LogP contribution in [0.3, 0.4) is 0 Å². The summed E-state index contributed by atoms with van der Waals surface area (Å²) in [5.41, 5.74) is 0.281. The first-order valence-corrected chi connectivity index (χ1v) is 10.2. The van der Waals surface area contributed by atoms with Crippen molar-refractivity contribution < 1.29 is 19.1 Å². The predicted molar refractivity (Wildman–Crippen MR) is 108 cm³/mol. The van der Waals surface area contributed by atoms with Crippen molar-refractivity contribution in [3.8, 4) is 5.75 Å². The zero-order valence-corrected chi connectivity index (χ0v) is 18.1. The van der Waals surface area contributed by atoms with Gasteiger partial charge >= 0.3 is 11.9 Å². The Morgan fingerprint density at radius 1 is 0.963 bits per heavy atom. The van der Waals surface area contributed by atoms with Gasteiger partial charge in [-0.1, -0.05) is 55.6 Å². The Labute approximate surface area is 175 Å².